The van der Waals surface area contributed by atoms with Gasteiger partial charge in [0.05, 0.1) is 12.0 Å². The van der Waals surface area contributed by atoms with Crippen molar-refractivity contribution in [2.75, 3.05) is 26.2 Å². The number of rotatable bonds is 2. The van der Waals surface area contributed by atoms with Crippen LogP contribution >= 0.6 is 13.5 Å². The Bertz CT molecular complexity index is 339. The number of nitrogens with one attached hydrogen (secondary N) is 1. The lowest BCUT2D eigenvalue weighted by Gasteiger charge is -2.39. The third-order valence-corrected chi connectivity index (χ3v) is 3.77. The highest BCUT2D eigenvalue weighted by atomic mass is 32.1. The molecule has 1 spiro atoms. The van der Waals surface area contributed by atoms with Crippen LogP contribution in [0, 0.1) is 5.41 Å². The molecule has 0 bridgehead atoms. The predicted octanol–water partition coefficient (Wildman–Crippen LogP) is -1.45. The summed E-state index contributed by atoms with van der Waals surface area (Å²) in [5.74, 6) is -0.209. The topological polar surface area (TPSA) is 95.7 Å². The summed E-state index contributed by atoms with van der Waals surface area (Å²) in [6.07, 6.45) is 2.43. The van der Waals surface area contributed by atoms with Crippen molar-refractivity contribution in [3.63, 3.8) is 0 Å². The minimum Gasteiger partial charge on any atom is -0.394 e. The number of nitrogens with two attached hydrogens (primary N) is 1. The summed E-state index contributed by atoms with van der Waals surface area (Å²) in [7, 11) is 0. The lowest BCUT2D eigenvalue weighted by Crippen LogP contribution is -2.54. The zero-order valence-electron chi connectivity index (χ0n) is 10.3. The maximum Gasteiger partial charge on any atom is 0.241 e. The maximum absolute atomic E-state index is 11.9. The number of aliphatic hydroxyl groups excluding tert-OH is 1. The average Bonchev–Trinajstić information content (AvgIpc) is 2.69. The summed E-state index contributed by atoms with van der Waals surface area (Å²) in [6.45, 7) is 1.40. The normalized spacial score (nSPS) is 28.8. The Balaban J connectivity index is 0.00000162. The third-order valence-electron chi connectivity index (χ3n) is 3.77. The van der Waals surface area contributed by atoms with Crippen molar-refractivity contribution in [3.8, 4) is 0 Å². The number of carbonyl (C=O) groups is 2. The SMILES string of the molecule is N[C@@H](CO)C(=O)N1CCCC2(CCNC2=O)C1.S. The summed E-state index contributed by atoms with van der Waals surface area (Å²) in [6, 6.07) is -0.866. The second-order valence-electron chi connectivity index (χ2n) is 4.94. The molecule has 0 aromatic rings. The van der Waals surface area contributed by atoms with E-state index in [0.29, 0.717) is 19.6 Å². The first kappa shape index (κ1) is 15.3. The highest BCUT2D eigenvalue weighted by Gasteiger charge is 2.46. The Morgan fingerprint density at radius 2 is 2.28 bits per heavy atom. The van der Waals surface area contributed by atoms with E-state index in [-0.39, 0.29) is 31.9 Å². The molecule has 2 saturated heterocycles. The fourth-order valence-corrected chi connectivity index (χ4v) is 2.74. The van der Waals surface area contributed by atoms with Crippen molar-refractivity contribution in [1.82, 2.24) is 10.2 Å². The second-order valence-corrected chi connectivity index (χ2v) is 4.94. The molecule has 1 unspecified atom stereocenters. The van der Waals surface area contributed by atoms with E-state index in [2.05, 4.69) is 5.32 Å². The molecule has 2 aliphatic rings. The number of hydrogen-bond acceptors (Lipinski definition) is 4. The number of hydrogen-bond donors (Lipinski definition) is 3. The largest absolute Gasteiger partial charge is 0.394 e. The minimum absolute atomic E-state index is 0. The summed E-state index contributed by atoms with van der Waals surface area (Å²) in [5, 5.41) is 11.7. The lowest BCUT2D eigenvalue weighted by molar-refractivity contribution is -0.140. The molecule has 2 amide bonds. The van der Waals surface area contributed by atoms with E-state index in [1.54, 1.807) is 4.90 Å². The van der Waals surface area contributed by atoms with Gasteiger partial charge in [-0.25, -0.2) is 0 Å². The first-order valence-electron chi connectivity index (χ1n) is 6.03. The molecule has 0 aliphatic carbocycles. The molecule has 6 nitrogen and oxygen atoms in total. The summed E-state index contributed by atoms with van der Waals surface area (Å²) in [5.41, 5.74) is 5.11. The van der Waals surface area contributed by atoms with Gasteiger partial charge in [-0.05, 0) is 19.3 Å². The number of aliphatic hydroxyl groups is 1. The van der Waals surface area contributed by atoms with Gasteiger partial charge < -0.3 is 21.1 Å². The Kier molecular flexibility index (Phi) is 5.01. The van der Waals surface area contributed by atoms with E-state index in [9.17, 15) is 9.59 Å². The summed E-state index contributed by atoms with van der Waals surface area (Å²) in [4.78, 5) is 25.3. The van der Waals surface area contributed by atoms with Crippen LogP contribution in [0.25, 0.3) is 0 Å². The van der Waals surface area contributed by atoms with Crippen LogP contribution in [0.3, 0.4) is 0 Å². The molecular weight excluding hydrogens is 254 g/mol. The molecule has 0 aromatic carbocycles. The first-order valence-corrected chi connectivity index (χ1v) is 6.03. The number of piperidine rings is 1. The molecule has 0 aromatic heterocycles. The molecule has 7 heteroatoms. The van der Waals surface area contributed by atoms with E-state index < -0.39 is 11.5 Å². The van der Waals surface area contributed by atoms with Gasteiger partial charge in [0.15, 0.2) is 0 Å². The van der Waals surface area contributed by atoms with Crippen LogP contribution in [0.15, 0.2) is 0 Å². The van der Waals surface area contributed by atoms with Crippen molar-refractivity contribution in [2.24, 2.45) is 11.1 Å². The predicted molar refractivity (Wildman–Crippen MR) is 71.3 cm³/mol. The molecule has 104 valence electrons. The van der Waals surface area contributed by atoms with Crippen molar-refractivity contribution >= 4 is 25.3 Å². The van der Waals surface area contributed by atoms with Gasteiger partial charge in [0, 0.05) is 19.6 Å². The van der Waals surface area contributed by atoms with Crippen LogP contribution in [0.4, 0.5) is 0 Å². The molecule has 2 fully saturated rings. The summed E-state index contributed by atoms with van der Waals surface area (Å²) < 4.78 is 0. The van der Waals surface area contributed by atoms with Crippen LogP contribution in [0.5, 0.6) is 0 Å². The van der Waals surface area contributed by atoms with E-state index in [4.69, 9.17) is 10.8 Å². The second kappa shape index (κ2) is 5.90. The van der Waals surface area contributed by atoms with Gasteiger partial charge in [-0.1, -0.05) is 0 Å². The zero-order valence-corrected chi connectivity index (χ0v) is 11.3. The number of nitrogens with zero attached hydrogens (tertiary/aromatic N) is 1. The molecule has 0 radical (unpaired) electrons. The van der Waals surface area contributed by atoms with Crippen molar-refractivity contribution in [3.05, 3.63) is 0 Å². The molecule has 2 aliphatic heterocycles. The van der Waals surface area contributed by atoms with Gasteiger partial charge in [-0.3, -0.25) is 9.59 Å². The van der Waals surface area contributed by atoms with Crippen molar-refractivity contribution in [1.29, 1.82) is 0 Å². The molecule has 2 heterocycles. The van der Waals surface area contributed by atoms with Gasteiger partial charge >= 0.3 is 0 Å². The minimum atomic E-state index is -0.866. The van der Waals surface area contributed by atoms with Crippen molar-refractivity contribution < 1.29 is 14.7 Å². The van der Waals surface area contributed by atoms with E-state index >= 15 is 0 Å². The first-order chi connectivity index (χ1) is 8.09. The molecule has 2 rings (SSSR count). The van der Waals surface area contributed by atoms with Crippen LogP contribution < -0.4 is 11.1 Å². The van der Waals surface area contributed by atoms with Crippen LogP contribution in [0.1, 0.15) is 19.3 Å². The zero-order chi connectivity index (χ0) is 12.5. The number of likely N-dealkylation sites (tertiary alicyclic amines) is 1. The van der Waals surface area contributed by atoms with Crippen LogP contribution in [-0.4, -0.2) is 54.1 Å². The third kappa shape index (κ3) is 2.62. The molecule has 4 N–H and O–H groups in total. The Hall–Kier alpha value is -0.790. The lowest BCUT2D eigenvalue weighted by atomic mass is 9.78. The summed E-state index contributed by atoms with van der Waals surface area (Å²) >= 11 is 0. The Morgan fingerprint density at radius 1 is 1.56 bits per heavy atom. The fraction of sp³-hybridized carbons (Fsp3) is 0.818. The highest BCUT2D eigenvalue weighted by molar-refractivity contribution is 7.59. The standard InChI is InChI=1S/C11H19N3O3.H2S/c12-8(6-15)9(16)14-5-1-2-11(7-14)3-4-13-10(11)17;/h8,15H,1-7,12H2,(H,13,17);1H2/t8-,11?;/m0./s1. The van der Waals surface area contributed by atoms with Gasteiger partial charge in [0.2, 0.25) is 11.8 Å². The highest BCUT2D eigenvalue weighted by Crippen LogP contribution is 2.36. The molecule has 2 atom stereocenters. The average molecular weight is 275 g/mol. The van der Waals surface area contributed by atoms with E-state index in [1.807, 2.05) is 0 Å². The van der Waals surface area contributed by atoms with Gasteiger partial charge in [0.25, 0.3) is 0 Å². The van der Waals surface area contributed by atoms with Crippen molar-refractivity contribution in [2.45, 2.75) is 25.3 Å². The van der Waals surface area contributed by atoms with E-state index in [0.717, 1.165) is 19.3 Å². The molecule has 18 heavy (non-hydrogen) atoms. The Labute approximate surface area is 113 Å². The molecular formula is C11H21N3O3S. The van der Waals surface area contributed by atoms with Gasteiger partial charge in [0.1, 0.15) is 6.04 Å². The monoisotopic (exact) mass is 275 g/mol. The van der Waals surface area contributed by atoms with Crippen LogP contribution in [0.2, 0.25) is 0 Å². The van der Waals surface area contributed by atoms with Crippen LogP contribution in [-0.2, 0) is 9.59 Å². The quantitative estimate of drug-likeness (QED) is 0.574. The molecule has 0 saturated carbocycles. The Morgan fingerprint density at radius 3 is 2.83 bits per heavy atom. The van der Waals surface area contributed by atoms with Gasteiger partial charge in [-0.15, -0.1) is 0 Å². The van der Waals surface area contributed by atoms with E-state index in [1.165, 1.54) is 0 Å². The smallest absolute Gasteiger partial charge is 0.241 e. The maximum atomic E-state index is 11.9. The number of amides is 2. The van der Waals surface area contributed by atoms with Gasteiger partial charge in [-0.2, -0.15) is 13.5 Å². The number of carbonyl (C=O) groups excluding carboxylic acids is 2. The fourth-order valence-electron chi connectivity index (χ4n) is 2.74.